The molecule has 2 N–H and O–H groups in total. The Hall–Kier alpha value is -3.39. The van der Waals surface area contributed by atoms with Crippen molar-refractivity contribution in [2.75, 3.05) is 11.4 Å². The summed E-state index contributed by atoms with van der Waals surface area (Å²) in [6, 6.07) is 11.9. The number of hydrogen-bond donors (Lipinski definition) is 2. The van der Waals surface area contributed by atoms with Gasteiger partial charge in [0.15, 0.2) is 6.04 Å². The molecule has 1 unspecified atom stereocenters. The molecule has 3 amide bonds. The van der Waals surface area contributed by atoms with Crippen LogP contribution in [0.3, 0.4) is 0 Å². The van der Waals surface area contributed by atoms with Crippen LogP contribution in [0.15, 0.2) is 52.3 Å². The van der Waals surface area contributed by atoms with E-state index in [1.807, 2.05) is 37.4 Å². The second-order valence-corrected chi connectivity index (χ2v) is 10.0. The fraction of sp³-hybridized carbons (Fsp3) is 0.370. The summed E-state index contributed by atoms with van der Waals surface area (Å²) in [5.74, 6) is 0.0271. The molecule has 35 heavy (non-hydrogen) atoms. The molecule has 2 aromatic heterocycles. The average molecular weight is 494 g/mol. The smallest absolute Gasteiger partial charge is 0.261 e. The van der Waals surface area contributed by atoms with Crippen LogP contribution in [-0.2, 0) is 9.59 Å². The molecule has 1 aliphatic rings. The van der Waals surface area contributed by atoms with Gasteiger partial charge in [-0.25, -0.2) is 0 Å². The Balaban J connectivity index is 1.70. The van der Waals surface area contributed by atoms with E-state index in [1.54, 1.807) is 31.2 Å². The van der Waals surface area contributed by atoms with Crippen LogP contribution in [0.4, 0.5) is 5.69 Å². The predicted molar refractivity (Wildman–Crippen MR) is 137 cm³/mol. The van der Waals surface area contributed by atoms with Gasteiger partial charge in [-0.05, 0) is 74.4 Å². The van der Waals surface area contributed by atoms with Gasteiger partial charge in [0.2, 0.25) is 5.91 Å². The Morgan fingerprint density at radius 3 is 2.51 bits per heavy atom. The summed E-state index contributed by atoms with van der Waals surface area (Å²) in [6.07, 6.45) is 3.99. The van der Waals surface area contributed by atoms with Crippen LogP contribution in [0, 0.1) is 20.8 Å². The quantitative estimate of drug-likeness (QED) is 0.470. The maximum absolute atomic E-state index is 13.7. The number of nitrogens with zero attached hydrogens (tertiary/aromatic N) is 1. The maximum Gasteiger partial charge on any atom is 0.261 e. The standard InChI is InChI=1S/C27H31N3O4S/c1-17-10-11-18(2)21(15-17)30(24(31)16-28-26(32)23-9-6-14-35-23)25(22-13-12-19(3)34-22)27(33)29-20-7-4-5-8-20/h6,9-15,20,25H,4-5,7-8,16H2,1-3H3,(H,28,32)(H,29,33). The highest BCUT2D eigenvalue weighted by atomic mass is 32.1. The van der Waals surface area contributed by atoms with Crippen molar-refractivity contribution in [3.8, 4) is 0 Å². The van der Waals surface area contributed by atoms with Crippen molar-refractivity contribution < 1.29 is 18.8 Å². The van der Waals surface area contributed by atoms with Crippen molar-refractivity contribution in [3.05, 3.63) is 75.4 Å². The third-order valence-electron chi connectivity index (χ3n) is 6.28. The first-order valence-electron chi connectivity index (χ1n) is 11.9. The molecule has 1 atom stereocenters. The van der Waals surface area contributed by atoms with E-state index in [1.165, 1.54) is 16.2 Å². The van der Waals surface area contributed by atoms with E-state index in [4.69, 9.17) is 4.42 Å². The normalized spacial score (nSPS) is 14.5. The second kappa shape index (κ2) is 10.9. The molecule has 184 valence electrons. The number of thiophene rings is 1. The van der Waals surface area contributed by atoms with Crippen molar-refractivity contribution in [2.24, 2.45) is 0 Å². The number of anilines is 1. The van der Waals surface area contributed by atoms with E-state index in [0.29, 0.717) is 22.1 Å². The zero-order chi connectivity index (χ0) is 24.9. The summed E-state index contributed by atoms with van der Waals surface area (Å²) in [5.41, 5.74) is 2.41. The number of rotatable bonds is 8. The first kappa shape index (κ1) is 24.7. The van der Waals surface area contributed by atoms with E-state index in [-0.39, 0.29) is 24.4 Å². The van der Waals surface area contributed by atoms with E-state index in [0.717, 1.165) is 36.8 Å². The van der Waals surface area contributed by atoms with Crippen LogP contribution in [0.5, 0.6) is 0 Å². The summed E-state index contributed by atoms with van der Waals surface area (Å²) in [4.78, 5) is 42.0. The SMILES string of the molecule is Cc1ccc(C)c(N(C(=O)CNC(=O)c2cccs2)C(C(=O)NC2CCCC2)c2ccc(C)o2)c1. The first-order chi connectivity index (χ1) is 16.8. The Bertz CT molecular complexity index is 1190. The maximum atomic E-state index is 13.7. The fourth-order valence-corrected chi connectivity index (χ4v) is 5.10. The van der Waals surface area contributed by atoms with Gasteiger partial charge in [0.05, 0.1) is 11.4 Å². The van der Waals surface area contributed by atoms with E-state index in [9.17, 15) is 14.4 Å². The van der Waals surface area contributed by atoms with Gasteiger partial charge >= 0.3 is 0 Å². The number of carbonyl (C=O) groups excluding carboxylic acids is 3. The molecular formula is C27H31N3O4S. The van der Waals surface area contributed by atoms with Gasteiger partial charge in [-0.3, -0.25) is 19.3 Å². The zero-order valence-corrected chi connectivity index (χ0v) is 21.1. The largest absolute Gasteiger partial charge is 0.464 e. The van der Waals surface area contributed by atoms with Crippen LogP contribution in [0.2, 0.25) is 0 Å². The Labute approximate surface area is 209 Å². The molecule has 1 aliphatic carbocycles. The molecule has 0 bridgehead atoms. The van der Waals surface area contributed by atoms with Gasteiger partial charge in [-0.2, -0.15) is 0 Å². The molecule has 1 aromatic carbocycles. The lowest BCUT2D eigenvalue weighted by molar-refractivity contribution is -0.127. The molecular weight excluding hydrogens is 462 g/mol. The van der Waals surface area contributed by atoms with Crippen molar-refractivity contribution in [2.45, 2.75) is 58.5 Å². The van der Waals surface area contributed by atoms with Crippen LogP contribution in [-0.4, -0.2) is 30.3 Å². The zero-order valence-electron chi connectivity index (χ0n) is 20.3. The van der Waals surface area contributed by atoms with Crippen LogP contribution < -0.4 is 15.5 Å². The van der Waals surface area contributed by atoms with E-state index < -0.39 is 11.9 Å². The molecule has 2 heterocycles. The molecule has 0 saturated heterocycles. The molecule has 1 saturated carbocycles. The highest BCUT2D eigenvalue weighted by Crippen LogP contribution is 2.33. The molecule has 0 radical (unpaired) electrons. The monoisotopic (exact) mass is 493 g/mol. The van der Waals surface area contributed by atoms with E-state index >= 15 is 0 Å². The lowest BCUT2D eigenvalue weighted by Crippen LogP contribution is -2.49. The van der Waals surface area contributed by atoms with Crippen molar-refractivity contribution >= 4 is 34.7 Å². The molecule has 8 heteroatoms. The van der Waals surface area contributed by atoms with Gasteiger partial charge in [0.1, 0.15) is 11.5 Å². The minimum Gasteiger partial charge on any atom is -0.464 e. The summed E-state index contributed by atoms with van der Waals surface area (Å²) in [7, 11) is 0. The molecule has 7 nitrogen and oxygen atoms in total. The summed E-state index contributed by atoms with van der Waals surface area (Å²) in [6.45, 7) is 5.39. The first-order valence-corrected chi connectivity index (χ1v) is 12.8. The molecule has 0 spiro atoms. The summed E-state index contributed by atoms with van der Waals surface area (Å²) < 4.78 is 5.90. The van der Waals surface area contributed by atoms with Gasteiger partial charge in [0.25, 0.3) is 11.8 Å². The number of amides is 3. The van der Waals surface area contributed by atoms with Crippen molar-refractivity contribution in [1.82, 2.24) is 10.6 Å². The Kier molecular flexibility index (Phi) is 7.70. The number of benzene rings is 1. The van der Waals surface area contributed by atoms with Gasteiger partial charge in [0, 0.05) is 11.7 Å². The Morgan fingerprint density at radius 1 is 1.09 bits per heavy atom. The number of nitrogens with one attached hydrogen (secondary N) is 2. The number of furan rings is 1. The highest BCUT2D eigenvalue weighted by Gasteiger charge is 2.37. The Morgan fingerprint density at radius 2 is 1.86 bits per heavy atom. The topological polar surface area (TPSA) is 91.7 Å². The third kappa shape index (κ3) is 5.82. The number of hydrogen-bond acceptors (Lipinski definition) is 5. The summed E-state index contributed by atoms with van der Waals surface area (Å²) in [5, 5.41) is 7.65. The van der Waals surface area contributed by atoms with Crippen LogP contribution in [0.1, 0.15) is 64.0 Å². The number of carbonyl (C=O) groups is 3. The van der Waals surface area contributed by atoms with Crippen LogP contribution >= 0.6 is 11.3 Å². The summed E-state index contributed by atoms with van der Waals surface area (Å²) >= 11 is 1.30. The molecule has 0 aliphatic heterocycles. The number of aryl methyl sites for hydroxylation is 3. The highest BCUT2D eigenvalue weighted by molar-refractivity contribution is 7.12. The van der Waals surface area contributed by atoms with Gasteiger partial charge in [-0.1, -0.05) is 31.0 Å². The molecule has 3 aromatic rings. The lowest BCUT2D eigenvalue weighted by Gasteiger charge is -2.32. The fourth-order valence-electron chi connectivity index (χ4n) is 4.46. The van der Waals surface area contributed by atoms with Crippen LogP contribution in [0.25, 0.3) is 0 Å². The third-order valence-corrected chi connectivity index (χ3v) is 7.15. The molecule has 4 rings (SSSR count). The molecule has 1 fully saturated rings. The second-order valence-electron chi connectivity index (χ2n) is 9.05. The van der Waals surface area contributed by atoms with Gasteiger partial charge < -0.3 is 15.1 Å². The predicted octanol–water partition coefficient (Wildman–Crippen LogP) is 4.83. The minimum atomic E-state index is -1.00. The average Bonchev–Trinajstić information content (AvgIpc) is 3.61. The van der Waals surface area contributed by atoms with Crippen molar-refractivity contribution in [3.63, 3.8) is 0 Å². The minimum absolute atomic E-state index is 0.0788. The van der Waals surface area contributed by atoms with Gasteiger partial charge in [-0.15, -0.1) is 11.3 Å². The van der Waals surface area contributed by atoms with E-state index in [2.05, 4.69) is 10.6 Å². The van der Waals surface area contributed by atoms with Crippen molar-refractivity contribution in [1.29, 1.82) is 0 Å². The lowest BCUT2D eigenvalue weighted by atomic mass is 10.0.